The summed E-state index contributed by atoms with van der Waals surface area (Å²) < 4.78 is 13.4. The molecule has 1 rings (SSSR count). The number of nitrogens with zero attached hydrogens (tertiary/aromatic N) is 1. The second-order valence-corrected chi connectivity index (χ2v) is 3.50. The van der Waals surface area contributed by atoms with E-state index >= 15 is 0 Å². The van der Waals surface area contributed by atoms with E-state index in [2.05, 4.69) is 0 Å². The van der Waals surface area contributed by atoms with Gasteiger partial charge >= 0.3 is 5.97 Å². The number of nitrogens with two attached hydrogens (primary N) is 1. The Balaban J connectivity index is 2.91. The number of benzene rings is 1. The predicted molar refractivity (Wildman–Crippen MR) is 56.9 cm³/mol. The van der Waals surface area contributed by atoms with Gasteiger partial charge in [-0.15, -0.1) is 0 Å². The van der Waals surface area contributed by atoms with Gasteiger partial charge in [-0.05, 0) is 12.5 Å². The first kappa shape index (κ1) is 13.0. The van der Waals surface area contributed by atoms with Gasteiger partial charge in [0.05, 0.1) is 4.92 Å². The number of carboxylic acids is 1. The van der Waals surface area contributed by atoms with Crippen LogP contribution in [-0.4, -0.2) is 16.0 Å². The van der Waals surface area contributed by atoms with Crippen molar-refractivity contribution >= 4 is 11.7 Å². The maximum absolute atomic E-state index is 13.4. The number of carbonyl (C=O) groups is 1. The zero-order valence-electron chi connectivity index (χ0n) is 8.80. The van der Waals surface area contributed by atoms with Crippen molar-refractivity contribution in [2.24, 2.45) is 5.73 Å². The van der Waals surface area contributed by atoms with Crippen molar-refractivity contribution in [3.63, 3.8) is 0 Å². The highest BCUT2D eigenvalue weighted by Crippen LogP contribution is 2.23. The fraction of sp³-hybridized carbons (Fsp3) is 0.300. The van der Waals surface area contributed by atoms with Crippen molar-refractivity contribution in [2.45, 2.75) is 18.9 Å². The van der Waals surface area contributed by atoms with Crippen molar-refractivity contribution in [2.75, 3.05) is 0 Å². The van der Waals surface area contributed by atoms with Gasteiger partial charge in [0.2, 0.25) is 0 Å². The molecular formula is C10H11FN2O4. The third-order valence-electron chi connectivity index (χ3n) is 2.26. The second kappa shape index (κ2) is 5.35. The normalized spacial score (nSPS) is 12.1. The van der Waals surface area contributed by atoms with E-state index in [-0.39, 0.29) is 24.1 Å². The summed E-state index contributed by atoms with van der Waals surface area (Å²) in [5.41, 5.74) is 5.27. The highest BCUT2D eigenvalue weighted by molar-refractivity contribution is 5.66. The van der Waals surface area contributed by atoms with Gasteiger partial charge < -0.3 is 10.8 Å². The van der Waals surface area contributed by atoms with E-state index in [0.29, 0.717) is 0 Å². The molecule has 7 heteroatoms. The molecule has 0 radical (unpaired) electrons. The highest BCUT2D eigenvalue weighted by Gasteiger charge is 2.17. The van der Waals surface area contributed by atoms with E-state index < -0.39 is 22.8 Å². The monoisotopic (exact) mass is 242 g/mol. The molecule has 1 atom stereocenters. The summed E-state index contributed by atoms with van der Waals surface area (Å²) in [6.45, 7) is 0. The van der Waals surface area contributed by atoms with Gasteiger partial charge in [0.25, 0.3) is 5.69 Å². The third-order valence-corrected chi connectivity index (χ3v) is 2.26. The Kier molecular flexibility index (Phi) is 4.11. The molecule has 0 amide bonds. The molecule has 0 heterocycles. The van der Waals surface area contributed by atoms with Crippen LogP contribution in [0.5, 0.6) is 0 Å². The molecule has 0 fully saturated rings. The number of rotatable bonds is 5. The van der Waals surface area contributed by atoms with Gasteiger partial charge in [0, 0.05) is 30.2 Å². The first-order valence-electron chi connectivity index (χ1n) is 4.83. The van der Waals surface area contributed by atoms with Crippen molar-refractivity contribution in [1.82, 2.24) is 0 Å². The number of nitro benzene ring substituents is 1. The van der Waals surface area contributed by atoms with E-state index in [0.717, 1.165) is 18.2 Å². The largest absolute Gasteiger partial charge is 0.481 e. The standard InChI is InChI=1S/C10H11FN2O4/c11-8-2-1-6(13(16)17)5-7(8)9(12)3-4-10(14)15/h1-2,5,9H,3-4,12H2,(H,14,15). The Hall–Kier alpha value is -2.02. The number of aliphatic carboxylic acids is 1. The minimum Gasteiger partial charge on any atom is -0.481 e. The van der Waals surface area contributed by atoms with Crippen molar-refractivity contribution < 1.29 is 19.2 Å². The number of nitro groups is 1. The van der Waals surface area contributed by atoms with Crippen LogP contribution < -0.4 is 5.73 Å². The Bertz CT molecular complexity index is 450. The average Bonchev–Trinajstić information content (AvgIpc) is 2.26. The smallest absolute Gasteiger partial charge is 0.303 e. The summed E-state index contributed by atoms with van der Waals surface area (Å²) in [5.74, 6) is -1.72. The molecule has 92 valence electrons. The molecule has 0 aromatic heterocycles. The van der Waals surface area contributed by atoms with Gasteiger partial charge in [0.15, 0.2) is 0 Å². The van der Waals surface area contributed by atoms with E-state index in [9.17, 15) is 19.3 Å². The summed E-state index contributed by atoms with van der Waals surface area (Å²) in [5, 5.41) is 19.0. The fourth-order valence-corrected chi connectivity index (χ4v) is 1.36. The molecule has 0 spiro atoms. The maximum Gasteiger partial charge on any atom is 0.303 e. The van der Waals surface area contributed by atoms with Gasteiger partial charge in [-0.1, -0.05) is 0 Å². The second-order valence-electron chi connectivity index (χ2n) is 3.50. The third kappa shape index (κ3) is 3.49. The van der Waals surface area contributed by atoms with Crippen LogP contribution in [0.1, 0.15) is 24.4 Å². The minimum absolute atomic E-state index is 0.0213. The summed E-state index contributed by atoms with van der Waals surface area (Å²) in [7, 11) is 0. The van der Waals surface area contributed by atoms with Crippen LogP contribution in [-0.2, 0) is 4.79 Å². The maximum atomic E-state index is 13.4. The van der Waals surface area contributed by atoms with Crippen molar-refractivity contribution in [1.29, 1.82) is 0 Å². The van der Waals surface area contributed by atoms with Crippen molar-refractivity contribution in [3.05, 3.63) is 39.7 Å². The summed E-state index contributed by atoms with van der Waals surface area (Å²) in [6, 6.07) is 2.14. The van der Waals surface area contributed by atoms with Crippen LogP contribution in [0.15, 0.2) is 18.2 Å². The van der Waals surface area contributed by atoms with Crippen LogP contribution in [0.3, 0.4) is 0 Å². The molecule has 1 aromatic rings. The highest BCUT2D eigenvalue weighted by atomic mass is 19.1. The lowest BCUT2D eigenvalue weighted by atomic mass is 10.0. The van der Waals surface area contributed by atoms with Gasteiger partial charge in [-0.2, -0.15) is 0 Å². The Morgan fingerprint density at radius 1 is 1.59 bits per heavy atom. The molecule has 0 aliphatic heterocycles. The van der Waals surface area contributed by atoms with Crippen LogP contribution in [0.4, 0.5) is 10.1 Å². The molecule has 0 saturated carbocycles. The molecule has 1 aromatic carbocycles. The first-order valence-corrected chi connectivity index (χ1v) is 4.83. The molecule has 1 unspecified atom stereocenters. The zero-order chi connectivity index (χ0) is 13.0. The lowest BCUT2D eigenvalue weighted by Crippen LogP contribution is -2.14. The SMILES string of the molecule is NC(CCC(=O)O)c1cc([N+](=O)[O-])ccc1F. The summed E-state index contributed by atoms with van der Waals surface area (Å²) in [4.78, 5) is 20.2. The number of halogens is 1. The number of hydrogen-bond donors (Lipinski definition) is 2. The minimum atomic E-state index is -1.05. The van der Waals surface area contributed by atoms with E-state index in [1.54, 1.807) is 0 Å². The van der Waals surface area contributed by atoms with Gasteiger partial charge in [-0.3, -0.25) is 14.9 Å². The number of carboxylic acid groups (broad SMARTS) is 1. The van der Waals surface area contributed by atoms with Crippen LogP contribution in [0, 0.1) is 15.9 Å². The lowest BCUT2D eigenvalue weighted by molar-refractivity contribution is -0.385. The summed E-state index contributed by atoms with van der Waals surface area (Å²) >= 11 is 0. The number of non-ortho nitro benzene ring substituents is 1. The Labute approximate surface area is 96.0 Å². The molecular weight excluding hydrogens is 231 g/mol. The predicted octanol–water partition coefficient (Wildman–Crippen LogP) is 1.60. The molecule has 6 nitrogen and oxygen atoms in total. The zero-order valence-corrected chi connectivity index (χ0v) is 8.80. The van der Waals surface area contributed by atoms with E-state index in [4.69, 9.17) is 10.8 Å². The Morgan fingerprint density at radius 2 is 2.24 bits per heavy atom. The number of hydrogen-bond acceptors (Lipinski definition) is 4. The molecule has 0 aliphatic rings. The topological polar surface area (TPSA) is 106 Å². The molecule has 0 saturated heterocycles. The summed E-state index contributed by atoms with van der Waals surface area (Å²) in [6.07, 6.45) is -0.198. The van der Waals surface area contributed by atoms with Crippen LogP contribution in [0.25, 0.3) is 0 Å². The first-order chi connectivity index (χ1) is 7.91. The fourth-order valence-electron chi connectivity index (χ4n) is 1.36. The Morgan fingerprint density at radius 3 is 2.76 bits per heavy atom. The van der Waals surface area contributed by atoms with E-state index in [1.807, 2.05) is 0 Å². The molecule has 0 bridgehead atoms. The molecule has 0 aliphatic carbocycles. The van der Waals surface area contributed by atoms with Crippen LogP contribution in [0.2, 0.25) is 0 Å². The lowest BCUT2D eigenvalue weighted by Gasteiger charge is -2.11. The van der Waals surface area contributed by atoms with Crippen molar-refractivity contribution in [3.8, 4) is 0 Å². The molecule has 17 heavy (non-hydrogen) atoms. The molecule has 3 N–H and O–H groups in total. The van der Waals surface area contributed by atoms with E-state index in [1.165, 1.54) is 0 Å². The quantitative estimate of drug-likeness (QED) is 0.602. The van der Waals surface area contributed by atoms with Gasteiger partial charge in [0.1, 0.15) is 5.82 Å². The van der Waals surface area contributed by atoms with Crippen LogP contribution >= 0.6 is 0 Å². The van der Waals surface area contributed by atoms with Gasteiger partial charge in [-0.25, -0.2) is 4.39 Å². The average molecular weight is 242 g/mol.